The summed E-state index contributed by atoms with van der Waals surface area (Å²) in [5.74, 6) is 0. The molecule has 0 rings (SSSR count). The summed E-state index contributed by atoms with van der Waals surface area (Å²) >= 11 is 3.41. The van der Waals surface area contributed by atoms with E-state index in [0.717, 1.165) is 5.33 Å². The van der Waals surface area contributed by atoms with E-state index >= 15 is 0 Å². The van der Waals surface area contributed by atoms with Gasteiger partial charge in [-0.15, -0.1) is 17.0 Å². The Balaban J connectivity index is 0. The topological polar surface area (TPSA) is 3.24 Å². The molecular weight excluding hydrogens is 258 g/mol. The van der Waals surface area contributed by atoms with Crippen LogP contribution in [0.3, 0.4) is 0 Å². The van der Waals surface area contributed by atoms with Crippen LogP contribution in [0.4, 0.5) is 0 Å². The number of hydrogen-bond acceptors (Lipinski definition) is 1. The van der Waals surface area contributed by atoms with E-state index in [1.807, 2.05) is 0 Å². The zero-order valence-corrected chi connectivity index (χ0v) is 10.1. The third kappa shape index (κ3) is 7.03. The molecule has 10 heavy (non-hydrogen) atoms. The average molecular weight is 275 g/mol. The first-order chi connectivity index (χ1) is 4.35. The first kappa shape index (κ1) is 13.5. The maximum Gasteiger partial charge on any atom is 0.00434 e. The Hall–Kier alpha value is 0.920. The predicted molar refractivity (Wildman–Crippen MR) is 56.5 cm³/mol. The van der Waals surface area contributed by atoms with Gasteiger partial charge in [-0.2, -0.15) is 0 Å². The number of nitrogens with zero attached hydrogens (tertiary/aromatic N) is 1. The smallest absolute Gasteiger partial charge is 0.00434 e. The minimum atomic E-state index is 0. The zero-order valence-electron chi connectivity index (χ0n) is 6.77. The third-order valence-electron chi connectivity index (χ3n) is 1.50. The van der Waals surface area contributed by atoms with Crippen LogP contribution < -0.4 is 0 Å². The van der Waals surface area contributed by atoms with Crippen LogP contribution >= 0.6 is 32.9 Å². The lowest BCUT2D eigenvalue weighted by Gasteiger charge is -2.16. The summed E-state index contributed by atoms with van der Waals surface area (Å²) in [5, 5.41) is 1.13. The molecule has 0 bridgehead atoms. The predicted octanol–water partition coefficient (Wildman–Crippen LogP) is 2.69. The monoisotopic (exact) mass is 273 g/mol. The fourth-order valence-corrected chi connectivity index (χ4v) is 1.07. The van der Waals surface area contributed by atoms with E-state index in [1.165, 1.54) is 26.1 Å². The van der Waals surface area contributed by atoms with Gasteiger partial charge in [0, 0.05) is 5.33 Å². The standard InChI is InChI=1S/C7H16BrN.BrH/c1-3-9(4-2)7-5-6-8;/h3-7H2,1-2H3;1H. The number of alkyl halides is 1. The molecule has 0 heterocycles. The van der Waals surface area contributed by atoms with Gasteiger partial charge >= 0.3 is 0 Å². The summed E-state index contributed by atoms with van der Waals surface area (Å²) in [7, 11) is 0. The van der Waals surface area contributed by atoms with Crippen LogP contribution in [0.25, 0.3) is 0 Å². The molecule has 0 aliphatic rings. The largest absolute Gasteiger partial charge is 0.304 e. The maximum atomic E-state index is 3.41. The van der Waals surface area contributed by atoms with Gasteiger partial charge in [0.1, 0.15) is 0 Å². The Morgan fingerprint density at radius 1 is 1.20 bits per heavy atom. The van der Waals surface area contributed by atoms with E-state index in [2.05, 4.69) is 34.7 Å². The number of hydrogen-bond donors (Lipinski definition) is 0. The quantitative estimate of drug-likeness (QED) is 0.697. The molecular formula is C7H17Br2N. The van der Waals surface area contributed by atoms with Crippen LogP contribution in [0, 0.1) is 0 Å². The maximum absolute atomic E-state index is 3.41. The van der Waals surface area contributed by atoms with E-state index in [4.69, 9.17) is 0 Å². The van der Waals surface area contributed by atoms with Crippen LogP contribution in [0.2, 0.25) is 0 Å². The molecule has 0 saturated carbocycles. The summed E-state index contributed by atoms with van der Waals surface area (Å²) in [6.07, 6.45) is 1.27. The summed E-state index contributed by atoms with van der Waals surface area (Å²) < 4.78 is 0. The van der Waals surface area contributed by atoms with Crippen LogP contribution in [0.1, 0.15) is 20.3 Å². The minimum absolute atomic E-state index is 0. The Morgan fingerprint density at radius 2 is 1.70 bits per heavy atom. The van der Waals surface area contributed by atoms with E-state index in [9.17, 15) is 0 Å². The van der Waals surface area contributed by atoms with Crippen LogP contribution in [-0.4, -0.2) is 29.9 Å². The van der Waals surface area contributed by atoms with Crippen LogP contribution in [-0.2, 0) is 0 Å². The van der Waals surface area contributed by atoms with E-state index in [-0.39, 0.29) is 17.0 Å². The van der Waals surface area contributed by atoms with Crippen molar-refractivity contribution >= 4 is 32.9 Å². The van der Waals surface area contributed by atoms with Crippen molar-refractivity contribution < 1.29 is 0 Å². The second kappa shape index (κ2) is 9.92. The fourth-order valence-electron chi connectivity index (χ4n) is 0.823. The van der Waals surface area contributed by atoms with Crippen LogP contribution in [0.5, 0.6) is 0 Å². The first-order valence-corrected chi connectivity index (χ1v) is 4.75. The molecule has 0 aromatic carbocycles. The highest BCUT2D eigenvalue weighted by molar-refractivity contribution is 9.09. The van der Waals surface area contributed by atoms with Gasteiger partial charge in [-0.3, -0.25) is 0 Å². The second-order valence-corrected chi connectivity index (χ2v) is 2.86. The van der Waals surface area contributed by atoms with Crippen LogP contribution in [0.15, 0.2) is 0 Å². The van der Waals surface area contributed by atoms with Gasteiger partial charge in [-0.05, 0) is 26.1 Å². The number of rotatable bonds is 5. The molecule has 1 nitrogen and oxygen atoms in total. The van der Waals surface area contributed by atoms with Crippen molar-refractivity contribution in [3.63, 3.8) is 0 Å². The normalized spacial score (nSPS) is 9.60. The van der Waals surface area contributed by atoms with Crippen molar-refractivity contribution in [3.05, 3.63) is 0 Å². The van der Waals surface area contributed by atoms with Crippen molar-refractivity contribution in [3.8, 4) is 0 Å². The summed E-state index contributed by atoms with van der Waals surface area (Å²) in [5.41, 5.74) is 0. The van der Waals surface area contributed by atoms with Gasteiger partial charge < -0.3 is 4.90 Å². The van der Waals surface area contributed by atoms with Crippen molar-refractivity contribution in [1.82, 2.24) is 4.90 Å². The SMILES string of the molecule is Br.CCN(CC)CCCBr. The van der Waals surface area contributed by atoms with Gasteiger partial charge in [0.15, 0.2) is 0 Å². The number of halogens is 2. The van der Waals surface area contributed by atoms with Crippen molar-refractivity contribution in [2.24, 2.45) is 0 Å². The molecule has 0 fully saturated rings. The lowest BCUT2D eigenvalue weighted by molar-refractivity contribution is 0.306. The molecule has 0 N–H and O–H groups in total. The molecule has 0 spiro atoms. The third-order valence-corrected chi connectivity index (χ3v) is 2.06. The molecule has 0 aliphatic heterocycles. The van der Waals surface area contributed by atoms with Gasteiger partial charge in [-0.25, -0.2) is 0 Å². The summed E-state index contributed by atoms with van der Waals surface area (Å²) in [6, 6.07) is 0. The molecule has 0 saturated heterocycles. The van der Waals surface area contributed by atoms with Gasteiger partial charge in [0.05, 0.1) is 0 Å². The highest BCUT2D eigenvalue weighted by Crippen LogP contribution is 1.92. The minimum Gasteiger partial charge on any atom is -0.304 e. The van der Waals surface area contributed by atoms with E-state index in [0.29, 0.717) is 0 Å². The van der Waals surface area contributed by atoms with Gasteiger partial charge in [0.2, 0.25) is 0 Å². The molecule has 0 atom stereocenters. The highest BCUT2D eigenvalue weighted by atomic mass is 79.9. The molecule has 0 aliphatic carbocycles. The molecule has 0 unspecified atom stereocenters. The Kier molecular flexibility index (Phi) is 13.4. The van der Waals surface area contributed by atoms with Crippen molar-refractivity contribution in [2.75, 3.05) is 25.0 Å². The lowest BCUT2D eigenvalue weighted by Crippen LogP contribution is -2.24. The van der Waals surface area contributed by atoms with E-state index < -0.39 is 0 Å². The second-order valence-electron chi connectivity index (χ2n) is 2.07. The average Bonchev–Trinajstić information content (AvgIpc) is 1.91. The van der Waals surface area contributed by atoms with Crippen molar-refractivity contribution in [2.45, 2.75) is 20.3 Å². The Morgan fingerprint density at radius 3 is 2.00 bits per heavy atom. The van der Waals surface area contributed by atoms with Gasteiger partial charge in [0.25, 0.3) is 0 Å². The molecule has 0 aromatic rings. The van der Waals surface area contributed by atoms with Gasteiger partial charge in [-0.1, -0.05) is 29.8 Å². The Labute approximate surface area is 83.1 Å². The Bertz CT molecular complexity index is 55.6. The molecule has 0 aromatic heterocycles. The summed E-state index contributed by atoms with van der Waals surface area (Å²) in [4.78, 5) is 2.43. The fraction of sp³-hybridized carbons (Fsp3) is 1.00. The summed E-state index contributed by atoms with van der Waals surface area (Å²) in [6.45, 7) is 8.01. The molecule has 3 heteroatoms. The molecule has 64 valence electrons. The molecule has 0 radical (unpaired) electrons. The molecule has 0 amide bonds. The van der Waals surface area contributed by atoms with Crippen molar-refractivity contribution in [1.29, 1.82) is 0 Å². The van der Waals surface area contributed by atoms with E-state index in [1.54, 1.807) is 0 Å². The lowest BCUT2D eigenvalue weighted by atomic mass is 10.4. The zero-order chi connectivity index (χ0) is 7.11. The first-order valence-electron chi connectivity index (χ1n) is 3.63. The highest BCUT2D eigenvalue weighted by Gasteiger charge is 1.95.